The Hall–Kier alpha value is -0.760. The van der Waals surface area contributed by atoms with Gasteiger partial charge in [-0.15, -0.1) is 11.6 Å². The summed E-state index contributed by atoms with van der Waals surface area (Å²) < 4.78 is 0. The lowest BCUT2D eigenvalue weighted by molar-refractivity contribution is 0.553. The number of hydrogen-bond donors (Lipinski definition) is 0. The molecule has 0 aliphatic carbocycles. The normalized spacial score (nSPS) is 17.4. The molecule has 0 amide bonds. The van der Waals surface area contributed by atoms with Gasteiger partial charge in [0.15, 0.2) is 0 Å². The molecule has 1 fully saturated rings. The molecule has 1 aliphatic rings. The van der Waals surface area contributed by atoms with Crippen molar-refractivity contribution >= 4 is 17.4 Å². The Morgan fingerprint density at radius 2 is 1.74 bits per heavy atom. The van der Waals surface area contributed by atoms with Crippen LogP contribution < -0.4 is 4.90 Å². The zero-order chi connectivity index (χ0) is 13.7. The minimum atomic E-state index is 0.455. The Bertz CT molecular complexity index is 396. The van der Waals surface area contributed by atoms with Gasteiger partial charge in [-0.05, 0) is 36.5 Å². The molecule has 2 rings (SSSR count). The maximum absolute atomic E-state index is 6.03. The predicted octanol–water partition coefficient (Wildman–Crippen LogP) is 4.71. The van der Waals surface area contributed by atoms with Crippen LogP contribution in [0.3, 0.4) is 0 Å². The van der Waals surface area contributed by atoms with Crippen molar-refractivity contribution in [2.24, 2.45) is 0 Å². The Labute approximate surface area is 122 Å². The van der Waals surface area contributed by atoms with E-state index >= 15 is 0 Å². The summed E-state index contributed by atoms with van der Waals surface area (Å²) in [5.74, 6) is 2.16. The summed E-state index contributed by atoms with van der Waals surface area (Å²) in [4.78, 5) is 7.29. The summed E-state index contributed by atoms with van der Waals surface area (Å²) in [7, 11) is 0. The van der Waals surface area contributed by atoms with Gasteiger partial charge in [0, 0.05) is 24.7 Å². The fraction of sp³-hybridized carbons (Fsp3) is 0.688. The average molecular weight is 281 g/mol. The number of anilines is 1. The maximum atomic E-state index is 6.03. The molecule has 0 radical (unpaired) electrons. The number of hydrogen-bond acceptors (Lipinski definition) is 2. The third-order valence-electron chi connectivity index (χ3n) is 3.82. The zero-order valence-electron chi connectivity index (χ0n) is 12.2. The Balaban J connectivity index is 2.23. The number of pyridine rings is 1. The van der Waals surface area contributed by atoms with Crippen LogP contribution >= 0.6 is 11.6 Å². The lowest BCUT2D eigenvalue weighted by atomic mass is 10.1. The van der Waals surface area contributed by atoms with E-state index in [1.54, 1.807) is 0 Å². The van der Waals surface area contributed by atoms with Crippen molar-refractivity contribution in [2.45, 2.75) is 57.7 Å². The standard InChI is InChI=1S/C16H25ClN2/c1-13(2)15-10-14(12-17)11-16(18-15)19-8-6-4-3-5-7-9-19/h10-11,13H,3-9,12H2,1-2H3. The second kappa shape index (κ2) is 7.14. The highest BCUT2D eigenvalue weighted by Gasteiger charge is 2.13. The number of alkyl halides is 1. The summed E-state index contributed by atoms with van der Waals surface area (Å²) >= 11 is 6.03. The minimum Gasteiger partial charge on any atom is -0.357 e. The molecule has 19 heavy (non-hydrogen) atoms. The highest BCUT2D eigenvalue weighted by molar-refractivity contribution is 6.17. The molecule has 0 bridgehead atoms. The van der Waals surface area contributed by atoms with E-state index in [9.17, 15) is 0 Å². The predicted molar refractivity (Wildman–Crippen MR) is 83.2 cm³/mol. The van der Waals surface area contributed by atoms with Crippen LogP contribution in [0.2, 0.25) is 0 Å². The molecule has 0 atom stereocenters. The van der Waals surface area contributed by atoms with E-state index in [0.717, 1.165) is 24.6 Å². The van der Waals surface area contributed by atoms with Crippen LogP contribution in [0.4, 0.5) is 5.82 Å². The van der Waals surface area contributed by atoms with Crippen LogP contribution in [0.25, 0.3) is 0 Å². The molecule has 2 heterocycles. The first kappa shape index (κ1) is 14.6. The molecule has 106 valence electrons. The van der Waals surface area contributed by atoms with Crippen LogP contribution in [0.5, 0.6) is 0 Å². The molecule has 0 N–H and O–H groups in total. The van der Waals surface area contributed by atoms with Gasteiger partial charge in [0.05, 0.1) is 0 Å². The largest absolute Gasteiger partial charge is 0.357 e. The molecular weight excluding hydrogens is 256 g/mol. The molecule has 1 aromatic heterocycles. The molecule has 0 saturated carbocycles. The third-order valence-corrected chi connectivity index (χ3v) is 4.13. The molecule has 1 aromatic rings. The van der Waals surface area contributed by atoms with Gasteiger partial charge < -0.3 is 4.90 Å². The first-order valence-corrected chi connectivity index (χ1v) is 8.06. The third kappa shape index (κ3) is 4.10. The second-order valence-electron chi connectivity index (χ2n) is 5.80. The van der Waals surface area contributed by atoms with E-state index in [1.165, 1.54) is 37.7 Å². The van der Waals surface area contributed by atoms with Crippen LogP contribution in [-0.2, 0) is 5.88 Å². The topological polar surface area (TPSA) is 16.1 Å². The van der Waals surface area contributed by atoms with Gasteiger partial charge in [-0.25, -0.2) is 4.98 Å². The van der Waals surface area contributed by atoms with Gasteiger partial charge in [0.1, 0.15) is 5.82 Å². The smallest absolute Gasteiger partial charge is 0.129 e. The average Bonchev–Trinajstić information content (AvgIpc) is 2.37. The summed E-state index contributed by atoms with van der Waals surface area (Å²) in [6.45, 7) is 6.65. The van der Waals surface area contributed by atoms with Crippen molar-refractivity contribution in [1.82, 2.24) is 4.98 Å². The first-order valence-electron chi connectivity index (χ1n) is 7.52. The molecule has 0 aromatic carbocycles. The van der Waals surface area contributed by atoms with Crippen molar-refractivity contribution in [3.8, 4) is 0 Å². The molecule has 0 unspecified atom stereocenters. The summed E-state index contributed by atoms with van der Waals surface area (Å²) in [6, 6.07) is 4.31. The van der Waals surface area contributed by atoms with Gasteiger partial charge in [-0.3, -0.25) is 0 Å². The van der Waals surface area contributed by atoms with E-state index in [-0.39, 0.29) is 0 Å². The Morgan fingerprint density at radius 3 is 2.32 bits per heavy atom. The van der Waals surface area contributed by atoms with E-state index in [0.29, 0.717) is 11.8 Å². The maximum Gasteiger partial charge on any atom is 0.129 e. The number of rotatable bonds is 3. The Kier molecular flexibility index (Phi) is 5.50. The van der Waals surface area contributed by atoms with Crippen LogP contribution in [0, 0.1) is 0 Å². The van der Waals surface area contributed by atoms with E-state index in [2.05, 4.69) is 30.9 Å². The quantitative estimate of drug-likeness (QED) is 0.745. The highest BCUT2D eigenvalue weighted by atomic mass is 35.5. The Morgan fingerprint density at radius 1 is 1.11 bits per heavy atom. The molecule has 1 saturated heterocycles. The second-order valence-corrected chi connectivity index (χ2v) is 6.07. The minimum absolute atomic E-state index is 0.455. The molecular formula is C16H25ClN2. The van der Waals surface area contributed by atoms with E-state index < -0.39 is 0 Å². The molecule has 1 aliphatic heterocycles. The van der Waals surface area contributed by atoms with Crippen molar-refractivity contribution < 1.29 is 0 Å². The van der Waals surface area contributed by atoms with E-state index in [1.807, 2.05) is 0 Å². The molecule has 3 heteroatoms. The number of halogens is 1. The van der Waals surface area contributed by atoms with Crippen molar-refractivity contribution in [3.05, 3.63) is 23.4 Å². The summed E-state index contributed by atoms with van der Waals surface area (Å²) in [5, 5.41) is 0. The summed E-state index contributed by atoms with van der Waals surface area (Å²) in [5.41, 5.74) is 2.35. The van der Waals surface area contributed by atoms with Gasteiger partial charge in [0.25, 0.3) is 0 Å². The number of aromatic nitrogens is 1. The first-order chi connectivity index (χ1) is 9.20. The molecule has 2 nitrogen and oxygen atoms in total. The van der Waals surface area contributed by atoms with Gasteiger partial charge in [-0.1, -0.05) is 33.1 Å². The fourth-order valence-corrected chi connectivity index (χ4v) is 2.76. The zero-order valence-corrected chi connectivity index (χ0v) is 12.9. The van der Waals surface area contributed by atoms with Crippen molar-refractivity contribution in [2.75, 3.05) is 18.0 Å². The molecule has 0 spiro atoms. The number of nitrogens with zero attached hydrogens (tertiary/aromatic N) is 2. The van der Waals surface area contributed by atoms with Gasteiger partial charge >= 0.3 is 0 Å². The monoisotopic (exact) mass is 280 g/mol. The van der Waals surface area contributed by atoms with Crippen LogP contribution in [0.15, 0.2) is 12.1 Å². The lowest BCUT2D eigenvalue weighted by Gasteiger charge is -2.27. The van der Waals surface area contributed by atoms with Crippen LogP contribution in [-0.4, -0.2) is 18.1 Å². The lowest BCUT2D eigenvalue weighted by Crippen LogP contribution is -2.28. The van der Waals surface area contributed by atoms with Gasteiger partial charge in [-0.2, -0.15) is 0 Å². The SMILES string of the molecule is CC(C)c1cc(CCl)cc(N2CCCCCCC2)n1. The van der Waals surface area contributed by atoms with Gasteiger partial charge in [0.2, 0.25) is 0 Å². The van der Waals surface area contributed by atoms with Crippen LogP contribution in [0.1, 0.15) is 63.1 Å². The van der Waals surface area contributed by atoms with Crippen molar-refractivity contribution in [1.29, 1.82) is 0 Å². The van der Waals surface area contributed by atoms with E-state index in [4.69, 9.17) is 16.6 Å². The fourth-order valence-electron chi connectivity index (χ4n) is 2.61. The summed E-state index contributed by atoms with van der Waals surface area (Å²) in [6.07, 6.45) is 6.65. The van der Waals surface area contributed by atoms with Crippen molar-refractivity contribution in [3.63, 3.8) is 0 Å². The highest BCUT2D eigenvalue weighted by Crippen LogP contribution is 2.23.